The lowest BCUT2D eigenvalue weighted by molar-refractivity contribution is -0.143. The minimum Gasteiger partial charge on any atom is -0.480 e. The summed E-state index contributed by atoms with van der Waals surface area (Å²) in [5.74, 6) is -4.23. The highest BCUT2D eigenvalue weighted by Crippen LogP contribution is 2.03. The number of carbonyl (C=O) groups excluding carboxylic acids is 4. The maximum atomic E-state index is 12.3. The lowest BCUT2D eigenvalue weighted by Gasteiger charge is -2.23. The Morgan fingerprint density at radius 2 is 1.54 bits per heavy atom. The highest BCUT2D eigenvalue weighted by Gasteiger charge is 2.28. The summed E-state index contributed by atoms with van der Waals surface area (Å²) in [4.78, 5) is 57.8. The van der Waals surface area contributed by atoms with Crippen LogP contribution >= 0.6 is 0 Å². The van der Waals surface area contributed by atoms with E-state index in [2.05, 4.69) is 16.0 Å². The summed E-state index contributed by atoms with van der Waals surface area (Å²) < 4.78 is 0. The fourth-order valence-corrected chi connectivity index (χ4v) is 1.98. The van der Waals surface area contributed by atoms with Crippen LogP contribution in [0.3, 0.4) is 0 Å². The molecule has 3 unspecified atom stereocenters. The molecule has 26 heavy (non-hydrogen) atoms. The van der Waals surface area contributed by atoms with Crippen LogP contribution in [0, 0.1) is 5.92 Å². The third kappa shape index (κ3) is 8.42. The van der Waals surface area contributed by atoms with Gasteiger partial charge in [-0.05, 0) is 19.3 Å². The third-order valence-electron chi connectivity index (χ3n) is 3.50. The number of nitrogens with one attached hydrogen (secondary N) is 3. The van der Waals surface area contributed by atoms with Crippen LogP contribution in [-0.2, 0) is 24.0 Å². The molecule has 11 nitrogen and oxygen atoms in total. The second-order valence-electron chi connectivity index (χ2n) is 6.13. The van der Waals surface area contributed by atoms with Gasteiger partial charge in [0.15, 0.2) is 0 Å². The van der Waals surface area contributed by atoms with Crippen molar-refractivity contribution in [2.75, 3.05) is 6.54 Å². The van der Waals surface area contributed by atoms with Crippen LogP contribution < -0.4 is 27.4 Å². The predicted octanol–water partition coefficient (Wildman–Crippen LogP) is -2.57. The summed E-state index contributed by atoms with van der Waals surface area (Å²) in [6.45, 7) is 4.27. The molecule has 148 valence electrons. The van der Waals surface area contributed by atoms with Gasteiger partial charge < -0.3 is 32.5 Å². The largest absolute Gasteiger partial charge is 0.480 e. The maximum Gasteiger partial charge on any atom is 0.326 e. The van der Waals surface area contributed by atoms with Crippen LogP contribution in [0.5, 0.6) is 0 Å². The summed E-state index contributed by atoms with van der Waals surface area (Å²) in [7, 11) is 0. The molecule has 0 aromatic carbocycles. The molecule has 0 heterocycles. The van der Waals surface area contributed by atoms with Crippen molar-refractivity contribution in [3.05, 3.63) is 0 Å². The van der Waals surface area contributed by atoms with E-state index in [0.29, 0.717) is 0 Å². The summed E-state index contributed by atoms with van der Waals surface area (Å²) in [5, 5.41) is 16.1. The summed E-state index contributed by atoms with van der Waals surface area (Å²) in [6, 6.07) is -3.27. The number of carbonyl (C=O) groups is 5. The molecule has 3 atom stereocenters. The Morgan fingerprint density at radius 3 is 1.96 bits per heavy atom. The van der Waals surface area contributed by atoms with Gasteiger partial charge in [0.2, 0.25) is 23.6 Å². The van der Waals surface area contributed by atoms with Gasteiger partial charge in [0.25, 0.3) is 0 Å². The molecule has 0 aromatic heterocycles. The minimum absolute atomic E-state index is 0.0645. The summed E-state index contributed by atoms with van der Waals surface area (Å²) in [6.07, 6.45) is -0.219. The maximum absolute atomic E-state index is 12.3. The van der Waals surface area contributed by atoms with Crippen LogP contribution in [0.1, 0.15) is 33.6 Å². The Kier molecular flexibility index (Phi) is 9.89. The topological polar surface area (TPSA) is 194 Å². The Hall–Kier alpha value is -2.69. The summed E-state index contributed by atoms with van der Waals surface area (Å²) >= 11 is 0. The Bertz CT molecular complexity index is 551. The van der Waals surface area contributed by atoms with E-state index >= 15 is 0 Å². The third-order valence-corrected chi connectivity index (χ3v) is 3.50. The average Bonchev–Trinajstić information content (AvgIpc) is 2.54. The highest BCUT2D eigenvalue weighted by atomic mass is 16.4. The Balaban J connectivity index is 4.92. The molecular weight excluding hydrogens is 346 g/mol. The second-order valence-corrected chi connectivity index (χ2v) is 6.13. The Labute approximate surface area is 151 Å². The van der Waals surface area contributed by atoms with Gasteiger partial charge in [-0.1, -0.05) is 13.8 Å². The van der Waals surface area contributed by atoms with E-state index in [-0.39, 0.29) is 25.3 Å². The number of hydrogen-bond donors (Lipinski definition) is 6. The number of rotatable bonds is 11. The molecule has 11 heteroatoms. The van der Waals surface area contributed by atoms with Crippen molar-refractivity contribution in [1.82, 2.24) is 16.0 Å². The monoisotopic (exact) mass is 373 g/mol. The van der Waals surface area contributed by atoms with Crippen molar-refractivity contribution in [3.63, 3.8) is 0 Å². The van der Waals surface area contributed by atoms with E-state index in [1.807, 2.05) is 0 Å². The molecule has 0 saturated heterocycles. The zero-order valence-electron chi connectivity index (χ0n) is 15.1. The average molecular weight is 373 g/mol. The van der Waals surface area contributed by atoms with Crippen molar-refractivity contribution in [3.8, 4) is 0 Å². The zero-order chi connectivity index (χ0) is 20.4. The molecule has 0 saturated carbocycles. The smallest absolute Gasteiger partial charge is 0.326 e. The van der Waals surface area contributed by atoms with Crippen LogP contribution in [0.2, 0.25) is 0 Å². The van der Waals surface area contributed by atoms with E-state index in [1.54, 1.807) is 13.8 Å². The van der Waals surface area contributed by atoms with Crippen LogP contribution in [0.4, 0.5) is 0 Å². The number of primary amides is 1. The molecule has 0 spiro atoms. The SMILES string of the molecule is CC(NC(=O)C(CCC(N)=O)NC(=O)CN)C(=O)NC(C(=O)O)C(C)C. The lowest BCUT2D eigenvalue weighted by Crippen LogP contribution is -2.56. The number of hydrogen-bond acceptors (Lipinski definition) is 6. The van der Waals surface area contributed by atoms with Crippen molar-refractivity contribution in [1.29, 1.82) is 0 Å². The molecule has 0 rings (SSSR count). The van der Waals surface area contributed by atoms with Gasteiger partial charge in [0, 0.05) is 6.42 Å². The van der Waals surface area contributed by atoms with Crippen molar-refractivity contribution in [2.45, 2.75) is 51.7 Å². The Morgan fingerprint density at radius 1 is 0.962 bits per heavy atom. The van der Waals surface area contributed by atoms with E-state index in [0.717, 1.165) is 0 Å². The molecule has 0 fully saturated rings. The van der Waals surface area contributed by atoms with Crippen molar-refractivity contribution >= 4 is 29.6 Å². The normalized spacial score (nSPS) is 14.0. The van der Waals surface area contributed by atoms with Crippen molar-refractivity contribution in [2.24, 2.45) is 17.4 Å². The first-order valence-corrected chi connectivity index (χ1v) is 8.10. The molecular formula is C15H27N5O6. The molecule has 4 amide bonds. The molecule has 8 N–H and O–H groups in total. The predicted molar refractivity (Wildman–Crippen MR) is 91.4 cm³/mol. The molecule has 0 aliphatic rings. The van der Waals surface area contributed by atoms with Crippen LogP contribution in [0.25, 0.3) is 0 Å². The fraction of sp³-hybridized carbons (Fsp3) is 0.667. The van der Waals surface area contributed by atoms with E-state index in [9.17, 15) is 24.0 Å². The number of carboxylic acid groups (broad SMARTS) is 1. The van der Waals surface area contributed by atoms with E-state index in [1.165, 1.54) is 6.92 Å². The minimum atomic E-state index is -1.19. The molecule has 0 bridgehead atoms. The number of amides is 4. The van der Waals surface area contributed by atoms with Gasteiger partial charge >= 0.3 is 5.97 Å². The number of nitrogens with two attached hydrogens (primary N) is 2. The van der Waals surface area contributed by atoms with E-state index < -0.39 is 47.7 Å². The van der Waals surface area contributed by atoms with Crippen LogP contribution in [-0.4, -0.2) is 59.4 Å². The number of carboxylic acids is 1. The van der Waals surface area contributed by atoms with Crippen LogP contribution in [0.15, 0.2) is 0 Å². The first-order valence-electron chi connectivity index (χ1n) is 8.10. The van der Waals surface area contributed by atoms with E-state index in [4.69, 9.17) is 16.6 Å². The van der Waals surface area contributed by atoms with Gasteiger partial charge in [0.05, 0.1) is 6.54 Å². The summed E-state index contributed by atoms with van der Waals surface area (Å²) in [5.41, 5.74) is 10.2. The highest BCUT2D eigenvalue weighted by molar-refractivity contribution is 5.93. The van der Waals surface area contributed by atoms with Gasteiger partial charge in [-0.2, -0.15) is 0 Å². The zero-order valence-corrected chi connectivity index (χ0v) is 15.1. The first kappa shape index (κ1) is 23.3. The van der Waals surface area contributed by atoms with Gasteiger partial charge in [-0.15, -0.1) is 0 Å². The first-order chi connectivity index (χ1) is 12.0. The van der Waals surface area contributed by atoms with Gasteiger partial charge in [-0.3, -0.25) is 19.2 Å². The second kappa shape index (κ2) is 11.0. The molecule has 0 aliphatic heterocycles. The van der Waals surface area contributed by atoms with Crippen molar-refractivity contribution < 1.29 is 29.1 Å². The van der Waals surface area contributed by atoms with Gasteiger partial charge in [0.1, 0.15) is 18.1 Å². The molecule has 0 radical (unpaired) electrons. The lowest BCUT2D eigenvalue weighted by atomic mass is 10.0. The van der Waals surface area contributed by atoms with Gasteiger partial charge in [-0.25, -0.2) is 4.79 Å². The number of aliphatic carboxylic acids is 1. The quantitative estimate of drug-likeness (QED) is 0.229. The standard InChI is InChI=1S/C15H27N5O6/c1-7(2)12(15(25)26)20-13(23)8(3)18-14(24)9(4-5-10(17)21)19-11(22)6-16/h7-9,12H,4-6,16H2,1-3H3,(H2,17,21)(H,18,24)(H,19,22)(H,20,23)(H,25,26). The fourth-order valence-electron chi connectivity index (χ4n) is 1.98. The molecule has 0 aliphatic carbocycles. The molecule has 0 aromatic rings.